The van der Waals surface area contributed by atoms with E-state index in [0.29, 0.717) is 0 Å². The molecule has 128 valence electrons. The standard InChI is InChI=1S/C13H16F3N3O3S/c1-6-10(23-7(2)18-6)3-17-12(22)19-4-8(11(20)21)9(5-19)13(14,15)16/h8-9H,3-5H2,1-2H3,(H,17,22)(H,20,21)/t8-,9-/m1/s1. The molecule has 1 aliphatic rings. The highest BCUT2D eigenvalue weighted by Crippen LogP contribution is 2.37. The maximum atomic E-state index is 12.9. The molecule has 1 aromatic rings. The second-order valence-electron chi connectivity index (χ2n) is 5.40. The van der Waals surface area contributed by atoms with Gasteiger partial charge in [-0.05, 0) is 13.8 Å². The lowest BCUT2D eigenvalue weighted by molar-refractivity contribution is -0.187. The van der Waals surface area contributed by atoms with Crippen molar-refractivity contribution in [1.82, 2.24) is 15.2 Å². The summed E-state index contributed by atoms with van der Waals surface area (Å²) in [5.74, 6) is -5.22. The fraction of sp³-hybridized carbons (Fsp3) is 0.615. The molecule has 2 N–H and O–H groups in total. The number of nitrogens with one attached hydrogen (secondary N) is 1. The molecule has 1 saturated heterocycles. The molecule has 0 aliphatic carbocycles. The zero-order chi connectivity index (χ0) is 17.4. The molecule has 0 bridgehead atoms. The maximum Gasteiger partial charge on any atom is 0.394 e. The molecule has 1 aliphatic heterocycles. The molecular weight excluding hydrogens is 335 g/mol. The highest BCUT2D eigenvalue weighted by atomic mass is 32.1. The van der Waals surface area contributed by atoms with Crippen LogP contribution in [-0.2, 0) is 11.3 Å². The van der Waals surface area contributed by atoms with Crippen LogP contribution >= 0.6 is 11.3 Å². The zero-order valence-electron chi connectivity index (χ0n) is 12.5. The first-order valence-electron chi connectivity index (χ1n) is 6.84. The topological polar surface area (TPSA) is 82.5 Å². The van der Waals surface area contributed by atoms with Crippen molar-refractivity contribution >= 4 is 23.3 Å². The van der Waals surface area contributed by atoms with Gasteiger partial charge in [-0.15, -0.1) is 11.3 Å². The third-order valence-corrected chi connectivity index (χ3v) is 4.82. The molecule has 2 amide bonds. The van der Waals surface area contributed by atoms with Gasteiger partial charge >= 0.3 is 18.2 Å². The number of carbonyl (C=O) groups excluding carboxylic acids is 1. The van der Waals surface area contributed by atoms with Gasteiger partial charge in [0.05, 0.1) is 29.1 Å². The summed E-state index contributed by atoms with van der Waals surface area (Å²) in [4.78, 5) is 28.9. The first kappa shape index (κ1) is 17.5. The Morgan fingerprint density at radius 2 is 2.04 bits per heavy atom. The van der Waals surface area contributed by atoms with Crippen molar-refractivity contribution in [2.75, 3.05) is 13.1 Å². The number of hydrogen-bond donors (Lipinski definition) is 2. The lowest BCUT2D eigenvalue weighted by Gasteiger charge is -2.18. The number of halogens is 3. The van der Waals surface area contributed by atoms with E-state index in [1.807, 2.05) is 6.92 Å². The van der Waals surface area contributed by atoms with Crippen LogP contribution < -0.4 is 5.32 Å². The molecule has 2 atom stereocenters. The van der Waals surface area contributed by atoms with Crippen molar-refractivity contribution in [3.63, 3.8) is 0 Å². The number of urea groups is 1. The smallest absolute Gasteiger partial charge is 0.394 e. The Bertz CT molecular complexity index is 617. The summed E-state index contributed by atoms with van der Waals surface area (Å²) < 4.78 is 38.7. The molecule has 0 radical (unpaired) electrons. The van der Waals surface area contributed by atoms with Crippen molar-refractivity contribution < 1.29 is 27.9 Å². The van der Waals surface area contributed by atoms with E-state index in [1.165, 1.54) is 11.3 Å². The molecule has 23 heavy (non-hydrogen) atoms. The monoisotopic (exact) mass is 351 g/mol. The highest BCUT2D eigenvalue weighted by Gasteiger charge is 2.53. The van der Waals surface area contributed by atoms with E-state index >= 15 is 0 Å². The quantitative estimate of drug-likeness (QED) is 0.874. The molecule has 0 aromatic carbocycles. The van der Waals surface area contributed by atoms with Gasteiger partial charge in [0.2, 0.25) is 0 Å². The minimum absolute atomic E-state index is 0.154. The number of nitrogens with zero attached hydrogens (tertiary/aromatic N) is 2. The number of aromatic nitrogens is 1. The van der Waals surface area contributed by atoms with Gasteiger partial charge in [-0.2, -0.15) is 13.2 Å². The molecule has 6 nitrogen and oxygen atoms in total. The molecule has 1 aromatic heterocycles. The van der Waals surface area contributed by atoms with E-state index < -0.39 is 43.1 Å². The highest BCUT2D eigenvalue weighted by molar-refractivity contribution is 7.11. The van der Waals surface area contributed by atoms with Gasteiger partial charge in [-0.25, -0.2) is 9.78 Å². The number of aryl methyl sites for hydroxylation is 2. The van der Waals surface area contributed by atoms with Gasteiger partial charge in [0, 0.05) is 18.0 Å². The minimum atomic E-state index is -4.65. The number of thiazole rings is 1. The molecule has 0 saturated carbocycles. The Hall–Kier alpha value is -1.84. The lowest BCUT2D eigenvalue weighted by atomic mass is 9.96. The van der Waals surface area contributed by atoms with Crippen LogP contribution in [0.2, 0.25) is 0 Å². The molecule has 0 spiro atoms. The lowest BCUT2D eigenvalue weighted by Crippen LogP contribution is -2.39. The second-order valence-corrected chi connectivity index (χ2v) is 6.69. The summed E-state index contributed by atoms with van der Waals surface area (Å²) >= 11 is 1.39. The number of alkyl halides is 3. The van der Waals surface area contributed by atoms with E-state index in [9.17, 15) is 22.8 Å². The van der Waals surface area contributed by atoms with Crippen molar-refractivity contribution in [1.29, 1.82) is 0 Å². The number of likely N-dealkylation sites (tertiary alicyclic amines) is 1. The summed E-state index contributed by atoms with van der Waals surface area (Å²) in [6, 6.07) is -0.701. The third-order valence-electron chi connectivity index (χ3n) is 3.74. The Morgan fingerprint density at radius 1 is 1.39 bits per heavy atom. The average Bonchev–Trinajstić information content (AvgIpc) is 2.99. The number of hydrogen-bond acceptors (Lipinski definition) is 4. The van der Waals surface area contributed by atoms with Crippen molar-refractivity contribution in [2.24, 2.45) is 11.8 Å². The number of carboxylic acid groups (broad SMARTS) is 1. The molecule has 10 heteroatoms. The van der Waals surface area contributed by atoms with Gasteiger partial charge in [-0.3, -0.25) is 4.79 Å². The summed E-state index contributed by atoms with van der Waals surface area (Å²) in [5, 5.41) is 12.3. The molecule has 2 rings (SSSR count). The number of rotatable bonds is 3. The maximum absolute atomic E-state index is 12.9. The van der Waals surface area contributed by atoms with Gasteiger partial charge in [0.15, 0.2) is 0 Å². The third kappa shape index (κ3) is 3.92. The van der Waals surface area contributed by atoms with E-state index in [4.69, 9.17) is 5.11 Å². The van der Waals surface area contributed by atoms with E-state index in [1.54, 1.807) is 6.92 Å². The number of amides is 2. The van der Waals surface area contributed by atoms with Crippen molar-refractivity contribution in [2.45, 2.75) is 26.6 Å². The van der Waals surface area contributed by atoms with Crippen LogP contribution in [0.1, 0.15) is 15.6 Å². The van der Waals surface area contributed by atoms with Gasteiger partial charge in [0.25, 0.3) is 0 Å². The Morgan fingerprint density at radius 3 is 2.48 bits per heavy atom. The summed E-state index contributed by atoms with van der Waals surface area (Å²) in [6.07, 6.45) is -4.65. The van der Waals surface area contributed by atoms with Crippen LogP contribution in [0, 0.1) is 25.7 Å². The largest absolute Gasteiger partial charge is 0.481 e. The zero-order valence-corrected chi connectivity index (χ0v) is 13.3. The molecular formula is C13H16F3N3O3S. The average molecular weight is 351 g/mol. The fourth-order valence-corrected chi connectivity index (χ4v) is 3.43. The van der Waals surface area contributed by atoms with Crippen LogP contribution in [-0.4, -0.2) is 46.3 Å². The van der Waals surface area contributed by atoms with Gasteiger partial charge in [-0.1, -0.05) is 0 Å². The van der Waals surface area contributed by atoms with Gasteiger partial charge in [0.1, 0.15) is 0 Å². The predicted octanol–water partition coefficient (Wildman–Crippen LogP) is 2.16. The van der Waals surface area contributed by atoms with Crippen LogP contribution in [0.3, 0.4) is 0 Å². The van der Waals surface area contributed by atoms with Gasteiger partial charge < -0.3 is 15.3 Å². The van der Waals surface area contributed by atoms with E-state index in [2.05, 4.69) is 10.3 Å². The SMILES string of the molecule is Cc1nc(C)c(CNC(=O)N2C[C@@H](C(F)(F)F)[C@H](C(=O)O)C2)s1. The molecule has 0 unspecified atom stereocenters. The Balaban J connectivity index is 2.00. The Kier molecular flexibility index (Phi) is 4.83. The number of carboxylic acids is 1. The number of carbonyl (C=O) groups is 2. The van der Waals surface area contributed by atoms with Crippen LogP contribution in [0.15, 0.2) is 0 Å². The summed E-state index contributed by atoms with van der Waals surface area (Å²) in [6.45, 7) is 2.65. The second kappa shape index (κ2) is 6.34. The first-order chi connectivity index (χ1) is 10.6. The summed E-state index contributed by atoms with van der Waals surface area (Å²) in [7, 11) is 0. The van der Waals surface area contributed by atoms with Crippen molar-refractivity contribution in [3.05, 3.63) is 15.6 Å². The minimum Gasteiger partial charge on any atom is -0.481 e. The molecule has 2 heterocycles. The van der Waals surface area contributed by atoms with Crippen LogP contribution in [0.4, 0.5) is 18.0 Å². The van der Waals surface area contributed by atoms with Crippen LogP contribution in [0.25, 0.3) is 0 Å². The number of aliphatic carboxylic acids is 1. The van der Waals surface area contributed by atoms with Crippen LogP contribution in [0.5, 0.6) is 0 Å². The van der Waals surface area contributed by atoms with Crippen molar-refractivity contribution in [3.8, 4) is 0 Å². The van der Waals surface area contributed by atoms with E-state index in [0.717, 1.165) is 20.5 Å². The normalized spacial score (nSPS) is 21.5. The first-order valence-corrected chi connectivity index (χ1v) is 7.66. The van der Waals surface area contributed by atoms with E-state index in [-0.39, 0.29) is 6.54 Å². The predicted molar refractivity (Wildman–Crippen MR) is 76.1 cm³/mol. The fourth-order valence-electron chi connectivity index (χ4n) is 2.56. The molecule has 1 fully saturated rings. The Labute approximate surface area is 134 Å². The summed E-state index contributed by atoms with van der Waals surface area (Å²) in [5.41, 5.74) is 0.755.